The van der Waals surface area contributed by atoms with Crippen LogP contribution in [0.3, 0.4) is 0 Å². The molecule has 0 aromatic rings. The van der Waals surface area contributed by atoms with Crippen molar-refractivity contribution in [2.75, 3.05) is 0 Å². The average Bonchev–Trinajstić information content (AvgIpc) is 1.73. The van der Waals surface area contributed by atoms with Crippen LogP contribution in [0.15, 0.2) is 0 Å². The van der Waals surface area contributed by atoms with Gasteiger partial charge >= 0.3 is 0 Å². The van der Waals surface area contributed by atoms with E-state index in [-0.39, 0.29) is 10.7 Å². The molecule has 2 heteroatoms. The number of Topliss-reactive ketones (excluding diaryl/α,β-unsaturated/α-hetero) is 1. The Morgan fingerprint density at radius 2 is 2.22 bits per heavy atom. The van der Waals surface area contributed by atoms with Gasteiger partial charge < -0.3 is 0 Å². The minimum atomic E-state index is -0.386. The van der Waals surface area contributed by atoms with E-state index in [2.05, 4.69) is 0 Å². The lowest BCUT2D eigenvalue weighted by atomic mass is 9.64. The second kappa shape index (κ2) is 1.51. The van der Waals surface area contributed by atoms with Crippen molar-refractivity contribution in [3.63, 3.8) is 0 Å². The summed E-state index contributed by atoms with van der Waals surface area (Å²) >= 11 is 5.94. The number of carbonyl (C=O) groups is 1. The Balaban J connectivity index is 2.20. The predicted octanol–water partition coefficient (Wildman–Crippen LogP) is 1.74. The summed E-state index contributed by atoms with van der Waals surface area (Å²) in [5, 5.41) is 0. The summed E-state index contributed by atoms with van der Waals surface area (Å²) < 4.78 is 0. The van der Waals surface area contributed by atoms with Crippen molar-refractivity contribution in [1.82, 2.24) is 0 Å². The molecule has 3 rings (SSSR count). The van der Waals surface area contributed by atoms with Crippen LogP contribution < -0.4 is 0 Å². The average molecular weight is 145 g/mol. The maximum atomic E-state index is 11.0. The molecule has 0 unspecified atom stereocenters. The Kier molecular flexibility index (Phi) is 0.963. The molecule has 0 aliphatic heterocycles. The van der Waals surface area contributed by atoms with Gasteiger partial charge in [-0.15, -0.1) is 11.6 Å². The van der Waals surface area contributed by atoms with Gasteiger partial charge in [0.2, 0.25) is 0 Å². The van der Waals surface area contributed by atoms with Gasteiger partial charge in [0.25, 0.3) is 0 Å². The molecule has 3 aliphatic rings. The van der Waals surface area contributed by atoms with Crippen LogP contribution >= 0.6 is 11.6 Å². The fourth-order valence-corrected chi connectivity index (χ4v) is 2.38. The minimum Gasteiger partial charge on any atom is -0.298 e. The van der Waals surface area contributed by atoms with E-state index in [9.17, 15) is 4.79 Å². The van der Waals surface area contributed by atoms with E-state index < -0.39 is 0 Å². The monoisotopic (exact) mass is 144 g/mol. The normalized spacial score (nSPS) is 48.6. The van der Waals surface area contributed by atoms with Crippen LogP contribution in [0.2, 0.25) is 0 Å². The molecule has 0 spiro atoms. The van der Waals surface area contributed by atoms with Gasteiger partial charge in [-0.1, -0.05) is 0 Å². The first kappa shape index (κ1) is 5.72. The quantitative estimate of drug-likeness (QED) is 0.474. The van der Waals surface area contributed by atoms with E-state index in [0.29, 0.717) is 0 Å². The molecule has 3 saturated carbocycles. The Morgan fingerprint density at radius 3 is 2.56 bits per heavy atom. The molecule has 0 atom stereocenters. The molecule has 0 N–H and O–H groups in total. The standard InChI is InChI=1S/C7H9ClO/c8-7-3-5(4-7)1-2-6(7)9/h5H,1-4H2. The third-order valence-corrected chi connectivity index (χ3v) is 3.02. The van der Waals surface area contributed by atoms with E-state index in [0.717, 1.165) is 31.6 Å². The molecule has 9 heavy (non-hydrogen) atoms. The Bertz CT molecular complexity index is 158. The lowest BCUT2D eigenvalue weighted by Crippen LogP contribution is -2.50. The number of hydrogen-bond acceptors (Lipinski definition) is 1. The molecular formula is C7H9ClO. The summed E-state index contributed by atoms with van der Waals surface area (Å²) in [7, 11) is 0. The molecule has 0 radical (unpaired) electrons. The Morgan fingerprint density at radius 1 is 1.56 bits per heavy atom. The van der Waals surface area contributed by atoms with Crippen LogP contribution in [0, 0.1) is 5.92 Å². The largest absolute Gasteiger partial charge is 0.298 e. The number of alkyl halides is 1. The highest BCUT2D eigenvalue weighted by Gasteiger charge is 2.51. The van der Waals surface area contributed by atoms with Crippen molar-refractivity contribution >= 4 is 17.4 Å². The van der Waals surface area contributed by atoms with Crippen molar-refractivity contribution in [2.24, 2.45) is 5.92 Å². The van der Waals surface area contributed by atoms with E-state index in [1.807, 2.05) is 0 Å². The number of carbonyl (C=O) groups excluding carboxylic acids is 1. The number of halogens is 1. The summed E-state index contributed by atoms with van der Waals surface area (Å²) in [6, 6.07) is 0. The maximum absolute atomic E-state index is 11.0. The summed E-state index contributed by atoms with van der Waals surface area (Å²) in [5.74, 6) is 1.06. The van der Waals surface area contributed by atoms with Crippen LogP contribution in [0.1, 0.15) is 25.7 Å². The van der Waals surface area contributed by atoms with E-state index in [1.165, 1.54) is 0 Å². The Hall–Kier alpha value is -0.0400. The first-order valence-electron chi connectivity index (χ1n) is 3.43. The fraction of sp³-hybridized carbons (Fsp3) is 0.857. The van der Waals surface area contributed by atoms with Gasteiger partial charge in [-0.2, -0.15) is 0 Å². The third kappa shape index (κ3) is 0.644. The van der Waals surface area contributed by atoms with Gasteiger partial charge in [0.15, 0.2) is 5.78 Å². The summed E-state index contributed by atoms with van der Waals surface area (Å²) in [4.78, 5) is 10.6. The number of fused-ring (bicyclic) bond motifs is 2. The summed E-state index contributed by atoms with van der Waals surface area (Å²) in [6.45, 7) is 0. The lowest BCUT2D eigenvalue weighted by molar-refractivity contribution is -0.129. The minimum absolute atomic E-state index is 0.284. The highest BCUT2D eigenvalue weighted by Crippen LogP contribution is 2.50. The molecular weight excluding hydrogens is 136 g/mol. The second-order valence-corrected chi connectivity index (χ2v) is 3.92. The van der Waals surface area contributed by atoms with Gasteiger partial charge in [0, 0.05) is 6.42 Å². The zero-order valence-corrected chi connectivity index (χ0v) is 5.95. The predicted molar refractivity (Wildman–Crippen MR) is 35.5 cm³/mol. The van der Waals surface area contributed by atoms with Crippen LogP contribution in [-0.2, 0) is 4.79 Å². The molecule has 3 aliphatic carbocycles. The van der Waals surface area contributed by atoms with Crippen molar-refractivity contribution in [2.45, 2.75) is 30.6 Å². The van der Waals surface area contributed by atoms with Crippen LogP contribution in [0.4, 0.5) is 0 Å². The molecule has 0 heterocycles. The van der Waals surface area contributed by atoms with Gasteiger partial charge in [0.1, 0.15) is 4.87 Å². The molecule has 0 saturated heterocycles. The molecule has 3 fully saturated rings. The zero-order chi connectivity index (χ0) is 6.48. The molecule has 1 nitrogen and oxygen atoms in total. The van der Waals surface area contributed by atoms with Crippen molar-refractivity contribution in [3.8, 4) is 0 Å². The number of hydrogen-bond donors (Lipinski definition) is 0. The smallest absolute Gasteiger partial charge is 0.153 e. The highest BCUT2D eigenvalue weighted by molar-refractivity contribution is 6.36. The van der Waals surface area contributed by atoms with E-state index in [1.54, 1.807) is 0 Å². The van der Waals surface area contributed by atoms with Gasteiger partial charge in [-0.05, 0) is 25.2 Å². The highest BCUT2D eigenvalue weighted by atomic mass is 35.5. The van der Waals surface area contributed by atoms with Crippen LogP contribution in [0.25, 0.3) is 0 Å². The van der Waals surface area contributed by atoms with Gasteiger partial charge in [-0.3, -0.25) is 4.79 Å². The molecule has 0 amide bonds. The molecule has 0 aromatic carbocycles. The first-order chi connectivity index (χ1) is 4.21. The van der Waals surface area contributed by atoms with Crippen molar-refractivity contribution in [1.29, 1.82) is 0 Å². The fourth-order valence-electron chi connectivity index (χ4n) is 1.85. The summed E-state index contributed by atoms with van der Waals surface area (Å²) in [5.41, 5.74) is 0. The first-order valence-corrected chi connectivity index (χ1v) is 3.81. The van der Waals surface area contributed by atoms with E-state index >= 15 is 0 Å². The van der Waals surface area contributed by atoms with Gasteiger partial charge in [0.05, 0.1) is 0 Å². The van der Waals surface area contributed by atoms with E-state index in [4.69, 9.17) is 11.6 Å². The molecule has 50 valence electrons. The second-order valence-electron chi connectivity index (χ2n) is 3.20. The maximum Gasteiger partial charge on any atom is 0.153 e. The van der Waals surface area contributed by atoms with Crippen molar-refractivity contribution < 1.29 is 4.79 Å². The van der Waals surface area contributed by atoms with Crippen LogP contribution in [0.5, 0.6) is 0 Å². The lowest BCUT2D eigenvalue weighted by Gasteiger charge is -2.46. The van der Waals surface area contributed by atoms with Crippen molar-refractivity contribution in [3.05, 3.63) is 0 Å². The topological polar surface area (TPSA) is 17.1 Å². The zero-order valence-electron chi connectivity index (χ0n) is 5.19. The Labute approximate surface area is 59.4 Å². The molecule has 0 aromatic heterocycles. The molecule has 2 bridgehead atoms. The third-order valence-electron chi connectivity index (χ3n) is 2.50. The van der Waals surface area contributed by atoms with Crippen LogP contribution in [-0.4, -0.2) is 10.7 Å². The number of rotatable bonds is 0. The number of ketones is 1. The summed E-state index contributed by atoms with van der Waals surface area (Å²) in [6.07, 6.45) is 3.72. The van der Waals surface area contributed by atoms with Gasteiger partial charge in [-0.25, -0.2) is 0 Å². The SMILES string of the molecule is O=C1CCC2CC1(Cl)C2.